The van der Waals surface area contributed by atoms with E-state index in [0.29, 0.717) is 5.69 Å². The number of anilines is 1. The van der Waals surface area contributed by atoms with Gasteiger partial charge in [0.25, 0.3) is 0 Å². The Kier molecular flexibility index (Phi) is 4.94. The van der Waals surface area contributed by atoms with E-state index in [1.807, 2.05) is 31.4 Å². The molecule has 6 heteroatoms. The first-order chi connectivity index (χ1) is 13.9. The van der Waals surface area contributed by atoms with Crippen LogP contribution in [0.3, 0.4) is 0 Å². The SMILES string of the molecule is Cc1ccc(C(=O)O)c(NC(=O)Cc2c(C)[nH]c3ccc(-c4cccs4)cc23)c1. The number of thiophene rings is 1. The molecule has 146 valence electrons. The molecule has 4 aromatic rings. The largest absolute Gasteiger partial charge is 0.478 e. The van der Waals surface area contributed by atoms with E-state index in [0.717, 1.165) is 33.3 Å². The van der Waals surface area contributed by atoms with Crippen molar-refractivity contribution in [1.29, 1.82) is 0 Å². The fourth-order valence-electron chi connectivity index (χ4n) is 3.51. The number of carboxylic acid groups (broad SMARTS) is 1. The third-order valence-electron chi connectivity index (χ3n) is 4.94. The van der Waals surface area contributed by atoms with Gasteiger partial charge in [0.1, 0.15) is 0 Å². The fourth-order valence-corrected chi connectivity index (χ4v) is 4.23. The van der Waals surface area contributed by atoms with Crippen LogP contribution in [-0.4, -0.2) is 22.0 Å². The van der Waals surface area contributed by atoms with Gasteiger partial charge in [-0.15, -0.1) is 11.3 Å². The average Bonchev–Trinajstić information content (AvgIpc) is 3.30. The Balaban J connectivity index is 1.65. The molecule has 0 atom stereocenters. The summed E-state index contributed by atoms with van der Waals surface area (Å²) in [5, 5.41) is 15.2. The quantitative estimate of drug-likeness (QED) is 0.417. The molecule has 0 bridgehead atoms. The highest BCUT2D eigenvalue weighted by molar-refractivity contribution is 7.13. The number of carbonyl (C=O) groups excluding carboxylic acids is 1. The molecule has 29 heavy (non-hydrogen) atoms. The van der Waals surface area contributed by atoms with Crippen molar-refractivity contribution >= 4 is 39.8 Å². The molecule has 0 aliphatic rings. The zero-order valence-electron chi connectivity index (χ0n) is 16.1. The summed E-state index contributed by atoms with van der Waals surface area (Å²) in [6, 6.07) is 15.2. The minimum Gasteiger partial charge on any atom is -0.478 e. The van der Waals surface area contributed by atoms with Crippen molar-refractivity contribution in [3.63, 3.8) is 0 Å². The molecule has 0 saturated carbocycles. The van der Waals surface area contributed by atoms with E-state index in [1.54, 1.807) is 23.5 Å². The van der Waals surface area contributed by atoms with Gasteiger partial charge in [-0.3, -0.25) is 4.79 Å². The smallest absolute Gasteiger partial charge is 0.337 e. The maximum atomic E-state index is 12.8. The second kappa shape index (κ2) is 7.56. The van der Waals surface area contributed by atoms with Crippen molar-refractivity contribution < 1.29 is 14.7 Å². The van der Waals surface area contributed by atoms with Gasteiger partial charge in [-0.1, -0.05) is 18.2 Å². The van der Waals surface area contributed by atoms with Crippen molar-refractivity contribution in [2.75, 3.05) is 5.32 Å². The summed E-state index contributed by atoms with van der Waals surface area (Å²) < 4.78 is 0. The number of aryl methyl sites for hydroxylation is 2. The lowest BCUT2D eigenvalue weighted by atomic mass is 10.0. The van der Waals surface area contributed by atoms with Crippen molar-refractivity contribution in [1.82, 2.24) is 4.98 Å². The molecular formula is C23H20N2O3S. The number of aromatic nitrogens is 1. The number of hydrogen-bond acceptors (Lipinski definition) is 3. The molecule has 2 aromatic heterocycles. The van der Waals surface area contributed by atoms with Crippen LogP contribution in [0.4, 0.5) is 5.69 Å². The monoisotopic (exact) mass is 404 g/mol. The van der Waals surface area contributed by atoms with Gasteiger partial charge in [-0.05, 0) is 66.2 Å². The highest BCUT2D eigenvalue weighted by Gasteiger charge is 2.16. The fraction of sp³-hybridized carbons (Fsp3) is 0.130. The summed E-state index contributed by atoms with van der Waals surface area (Å²) >= 11 is 1.67. The summed E-state index contributed by atoms with van der Waals surface area (Å²) in [6.07, 6.45) is 0.159. The highest BCUT2D eigenvalue weighted by Crippen LogP contribution is 2.31. The van der Waals surface area contributed by atoms with Gasteiger partial charge in [-0.25, -0.2) is 4.79 Å². The molecule has 4 rings (SSSR count). The van der Waals surface area contributed by atoms with Crippen molar-refractivity contribution in [2.24, 2.45) is 0 Å². The van der Waals surface area contributed by atoms with Gasteiger partial charge >= 0.3 is 5.97 Å². The van der Waals surface area contributed by atoms with E-state index in [1.165, 1.54) is 10.9 Å². The number of hydrogen-bond donors (Lipinski definition) is 3. The minimum atomic E-state index is -1.07. The third-order valence-corrected chi connectivity index (χ3v) is 5.86. The number of amides is 1. The first-order valence-corrected chi connectivity index (χ1v) is 10.1. The molecule has 0 radical (unpaired) electrons. The van der Waals surface area contributed by atoms with Gasteiger partial charge in [0.15, 0.2) is 0 Å². The van der Waals surface area contributed by atoms with Crippen LogP contribution in [0.25, 0.3) is 21.3 Å². The molecule has 2 heterocycles. The van der Waals surface area contributed by atoms with Crippen LogP contribution >= 0.6 is 11.3 Å². The van der Waals surface area contributed by atoms with Crippen LogP contribution in [0.1, 0.15) is 27.2 Å². The molecule has 0 unspecified atom stereocenters. The summed E-state index contributed by atoms with van der Waals surface area (Å²) in [5.41, 5.74) is 5.22. The van der Waals surface area contributed by atoms with E-state index in [2.05, 4.69) is 28.5 Å². The van der Waals surface area contributed by atoms with Crippen molar-refractivity contribution in [3.8, 4) is 10.4 Å². The summed E-state index contributed by atoms with van der Waals surface area (Å²) in [5.74, 6) is -1.31. The number of benzene rings is 2. The second-order valence-corrected chi connectivity index (χ2v) is 7.99. The molecule has 2 aromatic carbocycles. The molecule has 0 aliphatic carbocycles. The van der Waals surface area contributed by atoms with Crippen LogP contribution < -0.4 is 5.32 Å². The van der Waals surface area contributed by atoms with Crippen molar-refractivity contribution in [3.05, 3.63) is 76.3 Å². The number of aromatic carboxylic acids is 1. The van der Waals surface area contributed by atoms with E-state index in [4.69, 9.17) is 0 Å². The Bertz CT molecular complexity index is 1220. The average molecular weight is 404 g/mol. The van der Waals surface area contributed by atoms with Crippen LogP contribution in [-0.2, 0) is 11.2 Å². The molecule has 1 amide bonds. The second-order valence-electron chi connectivity index (χ2n) is 7.05. The predicted molar refractivity (Wildman–Crippen MR) is 117 cm³/mol. The third kappa shape index (κ3) is 3.79. The van der Waals surface area contributed by atoms with Gasteiger partial charge in [0.2, 0.25) is 5.91 Å². The number of aromatic amines is 1. The maximum absolute atomic E-state index is 12.8. The van der Waals surface area contributed by atoms with E-state index >= 15 is 0 Å². The molecule has 0 aliphatic heterocycles. The Morgan fingerprint density at radius 1 is 1.10 bits per heavy atom. The number of nitrogens with one attached hydrogen (secondary N) is 2. The van der Waals surface area contributed by atoms with Crippen LogP contribution in [0.15, 0.2) is 53.9 Å². The zero-order valence-corrected chi connectivity index (χ0v) is 16.9. The number of carbonyl (C=O) groups is 2. The van der Waals surface area contributed by atoms with Gasteiger partial charge in [-0.2, -0.15) is 0 Å². The van der Waals surface area contributed by atoms with Crippen LogP contribution in [0.2, 0.25) is 0 Å². The number of rotatable bonds is 5. The maximum Gasteiger partial charge on any atom is 0.337 e. The molecule has 5 nitrogen and oxygen atoms in total. The molecule has 0 spiro atoms. The van der Waals surface area contributed by atoms with Crippen LogP contribution in [0, 0.1) is 13.8 Å². The Morgan fingerprint density at radius 2 is 1.93 bits per heavy atom. The Hall–Kier alpha value is -3.38. The van der Waals surface area contributed by atoms with E-state index in [-0.39, 0.29) is 17.9 Å². The highest BCUT2D eigenvalue weighted by atomic mass is 32.1. The lowest BCUT2D eigenvalue weighted by molar-refractivity contribution is -0.115. The first kappa shape index (κ1) is 19.0. The lowest BCUT2D eigenvalue weighted by Crippen LogP contribution is -2.17. The van der Waals surface area contributed by atoms with E-state index < -0.39 is 5.97 Å². The Labute approximate surface area is 172 Å². The summed E-state index contributed by atoms with van der Waals surface area (Å²) in [7, 11) is 0. The van der Waals surface area contributed by atoms with Gasteiger partial charge in [0.05, 0.1) is 17.7 Å². The first-order valence-electron chi connectivity index (χ1n) is 9.21. The molecular weight excluding hydrogens is 384 g/mol. The number of fused-ring (bicyclic) bond motifs is 1. The number of carboxylic acids is 1. The molecule has 0 saturated heterocycles. The van der Waals surface area contributed by atoms with Gasteiger partial charge < -0.3 is 15.4 Å². The summed E-state index contributed by atoms with van der Waals surface area (Å²) in [4.78, 5) is 28.7. The van der Waals surface area contributed by atoms with Crippen molar-refractivity contribution in [2.45, 2.75) is 20.3 Å². The Morgan fingerprint density at radius 3 is 2.66 bits per heavy atom. The van der Waals surface area contributed by atoms with Gasteiger partial charge in [0, 0.05) is 21.5 Å². The lowest BCUT2D eigenvalue weighted by Gasteiger charge is -2.10. The van der Waals surface area contributed by atoms with E-state index in [9.17, 15) is 14.7 Å². The zero-order chi connectivity index (χ0) is 20.5. The van der Waals surface area contributed by atoms with Crippen LogP contribution in [0.5, 0.6) is 0 Å². The number of H-pyrrole nitrogens is 1. The standard InChI is InChI=1S/C23H20N2O3S/c1-13-5-7-16(23(27)28)20(10-13)25-22(26)12-17-14(2)24-19-8-6-15(11-18(17)19)21-4-3-9-29-21/h3-11,24H,12H2,1-2H3,(H,25,26)(H,27,28). The molecule has 0 fully saturated rings. The topological polar surface area (TPSA) is 82.2 Å². The summed E-state index contributed by atoms with van der Waals surface area (Å²) in [6.45, 7) is 3.81. The minimum absolute atomic E-state index is 0.0829. The molecule has 3 N–H and O–H groups in total. The normalized spacial score (nSPS) is 11.0. The predicted octanol–water partition coefficient (Wildman–Crippen LogP) is 5.39.